The fourth-order valence-electron chi connectivity index (χ4n) is 4.55. The number of azo groups is 2. The molecule has 0 radical (unpaired) electrons. The molecular formula is C32H28Cl2CrN10NaO8S2+. The normalized spacial score (nSPS) is 11.5. The van der Waals surface area contributed by atoms with E-state index in [9.17, 15) is 37.3 Å². The smallest absolute Gasteiger partial charge is 0.506 e. The molecule has 0 bridgehead atoms. The molecule has 0 saturated carbocycles. The van der Waals surface area contributed by atoms with Crippen LogP contribution in [0.2, 0.25) is 10.0 Å². The Bertz CT molecular complexity index is 2510. The second-order valence-electron chi connectivity index (χ2n) is 11.1. The summed E-state index contributed by atoms with van der Waals surface area (Å²) in [5.74, 6) is -0.976. The van der Waals surface area contributed by atoms with Crippen LogP contribution in [0.25, 0.3) is 11.4 Å². The third kappa shape index (κ3) is 10.9. The van der Waals surface area contributed by atoms with E-state index < -0.39 is 20.0 Å². The van der Waals surface area contributed by atoms with Gasteiger partial charge < -0.3 is 20.4 Å². The molecule has 0 unspecified atom stereocenters. The van der Waals surface area contributed by atoms with Crippen molar-refractivity contribution in [2.24, 2.45) is 30.7 Å². The molecule has 6 rings (SSSR count). The number of phenolic OH excluding ortho intramolecular Hbond substituents is 2. The van der Waals surface area contributed by atoms with Crippen molar-refractivity contribution < 1.29 is 84.2 Å². The molecule has 24 heteroatoms. The van der Waals surface area contributed by atoms with Gasteiger partial charge in [0, 0.05) is 27.4 Å². The van der Waals surface area contributed by atoms with E-state index in [1.807, 2.05) is 0 Å². The first-order valence-electron chi connectivity index (χ1n) is 15.0. The Labute approximate surface area is 362 Å². The molecule has 0 fully saturated rings. The molecule has 56 heavy (non-hydrogen) atoms. The van der Waals surface area contributed by atoms with Gasteiger partial charge in [0.15, 0.2) is 11.4 Å². The molecule has 18 nitrogen and oxygen atoms in total. The summed E-state index contributed by atoms with van der Waals surface area (Å²) in [5, 5.41) is 75.3. The summed E-state index contributed by atoms with van der Waals surface area (Å²) in [6.07, 6.45) is 0. The van der Waals surface area contributed by atoms with Crippen LogP contribution in [0.4, 0.5) is 22.7 Å². The number of aryl methyl sites for hydroxylation is 2. The van der Waals surface area contributed by atoms with E-state index in [0.29, 0.717) is 21.4 Å². The maximum atomic E-state index is 11.5. The Kier molecular flexibility index (Phi) is 15.4. The van der Waals surface area contributed by atoms with Crippen LogP contribution in [-0.2, 0) is 37.4 Å². The van der Waals surface area contributed by atoms with Crippen LogP contribution in [0.3, 0.4) is 0 Å². The molecule has 0 atom stereocenters. The van der Waals surface area contributed by atoms with Crippen molar-refractivity contribution >= 4 is 66.0 Å². The summed E-state index contributed by atoms with van der Waals surface area (Å²) >= 11 is 11.7. The van der Waals surface area contributed by atoms with Crippen LogP contribution >= 0.6 is 23.2 Å². The van der Waals surface area contributed by atoms with Gasteiger partial charge in [-0.05, 0) is 86.6 Å². The maximum absolute atomic E-state index is 11.5. The molecule has 0 amide bonds. The number of nitrogens with two attached hydrogens (primary N) is 2. The summed E-state index contributed by atoms with van der Waals surface area (Å²) < 4.78 is 48.3. The predicted octanol–water partition coefficient (Wildman–Crippen LogP) is 3.62. The standard InChI is InChI=1S/2C16H14ClN5O4S.Cr.Na/c2*1-9-15(20-19-13-7-10(17)5-6-14(13)23)16(24)22(21-9)11-3-2-4-12(8-11)27(18,25)26;;/h2*2-8,23-24H,1H3,(H2,18,25,26);;/q;;;+1. The summed E-state index contributed by atoms with van der Waals surface area (Å²) in [6, 6.07) is 19.8. The molecule has 4 aromatic carbocycles. The zero-order valence-electron chi connectivity index (χ0n) is 29.2. The number of nitrogens with zero attached hydrogens (tertiary/aromatic N) is 8. The molecule has 0 aliphatic rings. The van der Waals surface area contributed by atoms with Crippen molar-refractivity contribution in [3.05, 3.63) is 106 Å². The van der Waals surface area contributed by atoms with Gasteiger partial charge in [-0.25, -0.2) is 27.1 Å². The van der Waals surface area contributed by atoms with Crippen LogP contribution in [0, 0.1) is 13.8 Å². The molecule has 0 spiro atoms. The van der Waals surface area contributed by atoms with Gasteiger partial charge in [-0.1, -0.05) is 35.3 Å². The van der Waals surface area contributed by atoms with E-state index in [-0.39, 0.29) is 114 Å². The molecule has 0 aliphatic carbocycles. The van der Waals surface area contributed by atoms with E-state index in [1.165, 1.54) is 72.8 Å². The van der Waals surface area contributed by atoms with Gasteiger partial charge >= 0.3 is 29.6 Å². The number of hydrogen-bond acceptors (Lipinski definition) is 14. The van der Waals surface area contributed by atoms with E-state index in [0.717, 1.165) is 9.36 Å². The first kappa shape index (κ1) is 46.0. The minimum atomic E-state index is -3.91. The second kappa shape index (κ2) is 18.7. The van der Waals surface area contributed by atoms with E-state index in [2.05, 4.69) is 30.7 Å². The number of aromatic hydroxyl groups is 4. The number of rotatable bonds is 8. The SMILES string of the molecule is Cc1nn(-c2cccc(S(N)(=O)=O)c2)c(O)c1N=Nc1cc(Cl)ccc1O.Cc1nn(-c2cccc(S(N)(=O)=O)c2)c(O)c1N=Nc1cc(Cl)ccc1O.[Cr].[Na+]. The van der Waals surface area contributed by atoms with Crippen molar-refractivity contribution in [1.29, 1.82) is 0 Å². The Morgan fingerprint density at radius 1 is 0.589 bits per heavy atom. The topological polar surface area (TPSA) is 286 Å². The van der Waals surface area contributed by atoms with Gasteiger partial charge in [0.25, 0.3) is 0 Å². The van der Waals surface area contributed by atoms with E-state index in [4.69, 9.17) is 33.5 Å². The number of phenols is 2. The summed E-state index contributed by atoms with van der Waals surface area (Å²) in [7, 11) is -7.82. The number of sulfonamides is 2. The van der Waals surface area contributed by atoms with Crippen molar-refractivity contribution in [3.63, 3.8) is 0 Å². The molecule has 2 aromatic heterocycles. The third-order valence-electron chi connectivity index (χ3n) is 7.18. The molecule has 0 saturated heterocycles. The number of hydrogen-bond donors (Lipinski definition) is 6. The fourth-order valence-corrected chi connectivity index (χ4v) is 5.99. The van der Waals surface area contributed by atoms with Crippen LogP contribution in [0.5, 0.6) is 23.3 Å². The van der Waals surface area contributed by atoms with Crippen molar-refractivity contribution in [1.82, 2.24) is 19.6 Å². The Morgan fingerprint density at radius 2 is 0.946 bits per heavy atom. The number of halogens is 2. The van der Waals surface area contributed by atoms with Crippen LogP contribution < -0.4 is 39.8 Å². The third-order valence-corrected chi connectivity index (χ3v) is 9.47. The molecule has 2 heterocycles. The first-order chi connectivity index (χ1) is 25.3. The summed E-state index contributed by atoms with van der Waals surface area (Å²) in [5.41, 5.74) is 1.54. The molecule has 6 aromatic rings. The summed E-state index contributed by atoms with van der Waals surface area (Å²) in [4.78, 5) is -0.251. The quantitative estimate of drug-likeness (QED) is 0.0953. The predicted molar refractivity (Wildman–Crippen MR) is 197 cm³/mol. The zero-order chi connectivity index (χ0) is 39.5. The Balaban J connectivity index is 0.000000290. The van der Waals surface area contributed by atoms with Crippen LogP contribution in [-0.4, -0.2) is 56.8 Å². The van der Waals surface area contributed by atoms with Crippen LogP contribution in [0.1, 0.15) is 11.4 Å². The first-order valence-corrected chi connectivity index (χ1v) is 18.8. The van der Waals surface area contributed by atoms with Crippen molar-refractivity contribution in [3.8, 4) is 34.6 Å². The Morgan fingerprint density at radius 3 is 1.29 bits per heavy atom. The van der Waals surface area contributed by atoms with Gasteiger partial charge in [0.1, 0.15) is 22.9 Å². The van der Waals surface area contributed by atoms with Gasteiger partial charge in [0.05, 0.1) is 32.6 Å². The number of primary sulfonamides is 2. The van der Waals surface area contributed by atoms with Gasteiger partial charge in [-0.2, -0.15) is 19.6 Å². The average Bonchev–Trinajstić information content (AvgIpc) is 3.57. The second-order valence-corrected chi connectivity index (χ2v) is 15.1. The maximum Gasteiger partial charge on any atom is 1.00 e. The van der Waals surface area contributed by atoms with Crippen LogP contribution in [0.15, 0.2) is 115 Å². The fraction of sp³-hybridized carbons (Fsp3) is 0.0625. The Hall–Kier alpha value is -4.37. The number of aromatic nitrogens is 4. The average molecular weight is 891 g/mol. The van der Waals surface area contributed by atoms with E-state index >= 15 is 0 Å². The minimum Gasteiger partial charge on any atom is -0.506 e. The number of benzene rings is 4. The molecular weight excluding hydrogens is 862 g/mol. The monoisotopic (exact) mass is 889 g/mol. The molecule has 8 N–H and O–H groups in total. The molecule has 286 valence electrons. The van der Waals surface area contributed by atoms with E-state index in [1.54, 1.807) is 26.0 Å². The van der Waals surface area contributed by atoms with Gasteiger partial charge in [0.2, 0.25) is 31.8 Å². The zero-order valence-corrected chi connectivity index (χ0v) is 35.6. The summed E-state index contributed by atoms with van der Waals surface area (Å²) in [6.45, 7) is 3.18. The van der Waals surface area contributed by atoms with Crippen molar-refractivity contribution in [2.45, 2.75) is 23.6 Å². The molecule has 0 aliphatic heterocycles. The van der Waals surface area contributed by atoms with Gasteiger partial charge in [-0.3, -0.25) is 0 Å². The van der Waals surface area contributed by atoms with Crippen molar-refractivity contribution in [2.75, 3.05) is 0 Å². The minimum absolute atomic E-state index is 0. The largest absolute Gasteiger partial charge is 1.00 e. The van der Waals surface area contributed by atoms with Gasteiger partial charge in [-0.15, -0.1) is 20.5 Å².